The van der Waals surface area contributed by atoms with Crippen LogP contribution in [0.4, 0.5) is 5.95 Å². The van der Waals surface area contributed by atoms with Gasteiger partial charge >= 0.3 is 0 Å². The number of nitrogens with one attached hydrogen (secondary N) is 2. The van der Waals surface area contributed by atoms with Crippen molar-refractivity contribution >= 4 is 45.6 Å². The number of aromatic nitrogens is 3. The number of anilines is 1. The number of benzene rings is 3. The average molecular weight is 440 g/mol. The van der Waals surface area contributed by atoms with Crippen molar-refractivity contribution in [1.29, 1.82) is 0 Å². The molecule has 7 heteroatoms. The Hall–Kier alpha value is -4.03. The number of aromatic amines is 1. The summed E-state index contributed by atoms with van der Waals surface area (Å²) in [7, 11) is 0. The predicted octanol–water partition coefficient (Wildman–Crippen LogP) is 5.55. The summed E-state index contributed by atoms with van der Waals surface area (Å²) in [5, 5.41) is 6.62. The lowest BCUT2D eigenvalue weighted by molar-refractivity contribution is 1.15. The summed E-state index contributed by atoms with van der Waals surface area (Å²) in [4.78, 5) is 24.4. The topological polar surface area (TPSA) is 83.0 Å². The van der Waals surface area contributed by atoms with Crippen molar-refractivity contribution in [2.45, 2.75) is 6.92 Å². The molecule has 0 bridgehead atoms. The van der Waals surface area contributed by atoms with E-state index in [0.29, 0.717) is 16.5 Å². The summed E-state index contributed by atoms with van der Waals surface area (Å²) in [6.45, 7) is 2.01. The van der Waals surface area contributed by atoms with E-state index < -0.39 is 0 Å². The molecule has 0 unspecified atom stereocenters. The van der Waals surface area contributed by atoms with Crippen molar-refractivity contribution in [2.75, 3.05) is 5.43 Å². The van der Waals surface area contributed by atoms with Crippen molar-refractivity contribution in [3.05, 3.63) is 99.3 Å². The number of pyridine rings is 1. The molecule has 0 saturated carbocycles. The number of hydrogen-bond acceptors (Lipinski definition) is 5. The average Bonchev–Trinajstić information content (AvgIpc) is 2.80. The standard InChI is InChI=1S/C25H18ClN5O/c1-15-7-9-21-17(11-15)12-18(24(32)28-21)14-27-31-25-29-22-10-8-19(26)13-20(22)23(30-25)16-5-3-2-4-6-16/h2-14H,1H3,(H,28,32)(H,29,30,31)/b27-14-. The van der Waals surface area contributed by atoms with Gasteiger partial charge in [0.2, 0.25) is 5.95 Å². The molecule has 5 aromatic rings. The minimum absolute atomic E-state index is 0.217. The van der Waals surface area contributed by atoms with E-state index in [0.717, 1.165) is 38.6 Å². The maximum Gasteiger partial charge on any atom is 0.257 e. The van der Waals surface area contributed by atoms with Crippen LogP contribution in [0.15, 0.2) is 82.7 Å². The zero-order valence-corrected chi connectivity index (χ0v) is 17.9. The fourth-order valence-electron chi connectivity index (χ4n) is 3.57. The number of halogens is 1. The molecule has 32 heavy (non-hydrogen) atoms. The Balaban J connectivity index is 1.51. The highest BCUT2D eigenvalue weighted by molar-refractivity contribution is 6.31. The molecule has 0 aliphatic rings. The van der Waals surface area contributed by atoms with Crippen LogP contribution >= 0.6 is 11.6 Å². The molecule has 0 saturated heterocycles. The van der Waals surface area contributed by atoms with Crippen LogP contribution in [-0.2, 0) is 0 Å². The fraction of sp³-hybridized carbons (Fsp3) is 0.0400. The molecule has 0 spiro atoms. The first kappa shape index (κ1) is 19.9. The van der Waals surface area contributed by atoms with Gasteiger partial charge in [0.15, 0.2) is 0 Å². The summed E-state index contributed by atoms with van der Waals surface area (Å²) in [6.07, 6.45) is 1.47. The molecule has 3 aromatic carbocycles. The van der Waals surface area contributed by atoms with Crippen LogP contribution in [0.5, 0.6) is 0 Å². The number of H-pyrrole nitrogens is 1. The first-order valence-electron chi connectivity index (χ1n) is 10.0. The van der Waals surface area contributed by atoms with E-state index in [1.807, 2.05) is 73.7 Å². The van der Waals surface area contributed by atoms with Crippen molar-refractivity contribution < 1.29 is 0 Å². The van der Waals surface area contributed by atoms with Gasteiger partial charge in [-0.1, -0.05) is 53.6 Å². The van der Waals surface area contributed by atoms with Crippen molar-refractivity contribution in [3.63, 3.8) is 0 Å². The fourth-order valence-corrected chi connectivity index (χ4v) is 3.74. The van der Waals surface area contributed by atoms with Gasteiger partial charge in [-0.2, -0.15) is 5.10 Å². The Bertz CT molecular complexity index is 1540. The zero-order chi connectivity index (χ0) is 22.1. The molecule has 2 aromatic heterocycles. The Morgan fingerprint density at radius 2 is 1.84 bits per heavy atom. The third-order valence-corrected chi connectivity index (χ3v) is 5.34. The summed E-state index contributed by atoms with van der Waals surface area (Å²) in [5.41, 5.74) is 7.40. The van der Waals surface area contributed by atoms with Crippen LogP contribution in [0.2, 0.25) is 5.02 Å². The molecule has 2 heterocycles. The van der Waals surface area contributed by atoms with Gasteiger partial charge in [-0.3, -0.25) is 4.79 Å². The molecule has 0 aliphatic heterocycles. The molecule has 0 fully saturated rings. The van der Waals surface area contributed by atoms with Crippen molar-refractivity contribution in [3.8, 4) is 11.3 Å². The minimum Gasteiger partial charge on any atom is -0.321 e. The quantitative estimate of drug-likeness (QED) is 0.284. The third-order valence-electron chi connectivity index (χ3n) is 5.10. The van der Waals surface area contributed by atoms with E-state index >= 15 is 0 Å². The number of hydrazone groups is 1. The van der Waals surface area contributed by atoms with E-state index in [4.69, 9.17) is 11.6 Å². The maximum atomic E-state index is 12.4. The summed E-state index contributed by atoms with van der Waals surface area (Å²) in [5.74, 6) is 0.322. The highest BCUT2D eigenvalue weighted by Crippen LogP contribution is 2.29. The molecule has 6 nitrogen and oxygen atoms in total. The van der Waals surface area contributed by atoms with E-state index in [2.05, 4.69) is 25.5 Å². The maximum absolute atomic E-state index is 12.4. The molecule has 156 valence electrons. The van der Waals surface area contributed by atoms with Gasteiger partial charge in [-0.15, -0.1) is 0 Å². The number of fused-ring (bicyclic) bond motifs is 2. The lowest BCUT2D eigenvalue weighted by Gasteiger charge is -2.09. The van der Waals surface area contributed by atoms with Gasteiger partial charge in [-0.05, 0) is 48.7 Å². The van der Waals surface area contributed by atoms with Crippen LogP contribution in [0.25, 0.3) is 33.1 Å². The lowest BCUT2D eigenvalue weighted by Crippen LogP contribution is -2.12. The number of nitrogens with zero attached hydrogens (tertiary/aromatic N) is 3. The van der Waals surface area contributed by atoms with E-state index in [-0.39, 0.29) is 5.56 Å². The molecule has 0 aliphatic carbocycles. The molecule has 0 amide bonds. The predicted molar refractivity (Wildman–Crippen MR) is 131 cm³/mol. The Morgan fingerprint density at radius 3 is 2.69 bits per heavy atom. The highest BCUT2D eigenvalue weighted by atomic mass is 35.5. The van der Waals surface area contributed by atoms with Gasteiger partial charge < -0.3 is 4.98 Å². The normalized spacial score (nSPS) is 11.4. The highest BCUT2D eigenvalue weighted by Gasteiger charge is 2.10. The van der Waals surface area contributed by atoms with E-state index in [1.54, 1.807) is 6.07 Å². The van der Waals surface area contributed by atoms with Crippen LogP contribution in [-0.4, -0.2) is 21.2 Å². The second-order valence-electron chi connectivity index (χ2n) is 7.44. The second kappa shape index (κ2) is 8.24. The minimum atomic E-state index is -0.217. The first-order chi connectivity index (χ1) is 15.6. The Kier molecular flexibility index (Phi) is 5.13. The van der Waals surface area contributed by atoms with Gasteiger partial charge in [-0.25, -0.2) is 15.4 Å². The third kappa shape index (κ3) is 3.96. The van der Waals surface area contributed by atoms with Crippen LogP contribution in [0, 0.1) is 6.92 Å². The largest absolute Gasteiger partial charge is 0.321 e. The van der Waals surface area contributed by atoms with Gasteiger partial charge in [0.1, 0.15) is 0 Å². The summed E-state index contributed by atoms with van der Waals surface area (Å²) >= 11 is 6.21. The zero-order valence-electron chi connectivity index (χ0n) is 17.1. The number of hydrogen-bond donors (Lipinski definition) is 2. The van der Waals surface area contributed by atoms with Gasteiger partial charge in [0, 0.05) is 21.5 Å². The van der Waals surface area contributed by atoms with Gasteiger partial charge in [0.05, 0.1) is 23.0 Å². The van der Waals surface area contributed by atoms with Crippen molar-refractivity contribution in [1.82, 2.24) is 15.0 Å². The molecular formula is C25H18ClN5O. The first-order valence-corrected chi connectivity index (χ1v) is 10.4. The SMILES string of the molecule is Cc1ccc2[nH]c(=O)c(/C=N\Nc3nc(-c4ccccc4)c4cc(Cl)ccc4n3)cc2c1. The van der Waals surface area contributed by atoms with Crippen LogP contribution < -0.4 is 11.0 Å². The molecule has 5 rings (SSSR count). The second-order valence-corrected chi connectivity index (χ2v) is 7.87. The van der Waals surface area contributed by atoms with Crippen LogP contribution in [0.1, 0.15) is 11.1 Å². The number of rotatable bonds is 4. The van der Waals surface area contributed by atoms with Gasteiger partial charge in [0.25, 0.3) is 5.56 Å². The Labute approximate surface area is 188 Å². The molecule has 0 radical (unpaired) electrons. The molecule has 2 N–H and O–H groups in total. The summed E-state index contributed by atoms with van der Waals surface area (Å²) in [6, 6.07) is 23.0. The molecule has 0 atom stereocenters. The molecular weight excluding hydrogens is 422 g/mol. The Morgan fingerprint density at radius 1 is 1.00 bits per heavy atom. The van der Waals surface area contributed by atoms with E-state index in [1.165, 1.54) is 6.21 Å². The monoisotopic (exact) mass is 439 g/mol. The smallest absolute Gasteiger partial charge is 0.257 e. The number of aryl methyl sites for hydroxylation is 1. The van der Waals surface area contributed by atoms with Crippen molar-refractivity contribution in [2.24, 2.45) is 5.10 Å². The summed E-state index contributed by atoms with van der Waals surface area (Å²) < 4.78 is 0. The lowest BCUT2D eigenvalue weighted by atomic mass is 10.1. The van der Waals surface area contributed by atoms with Crippen LogP contribution in [0.3, 0.4) is 0 Å². The van der Waals surface area contributed by atoms with E-state index in [9.17, 15) is 4.79 Å².